The van der Waals surface area contributed by atoms with E-state index in [0.29, 0.717) is 0 Å². The number of halogens is 1. The highest BCUT2D eigenvalue weighted by molar-refractivity contribution is 14.1. The topological polar surface area (TPSA) is 12.0 Å². The molecule has 0 aromatic heterocycles. The molecule has 1 aliphatic rings. The predicted octanol–water partition coefficient (Wildman–Crippen LogP) is 3.62. The summed E-state index contributed by atoms with van der Waals surface area (Å²) in [7, 11) is 0. The van der Waals surface area contributed by atoms with E-state index in [1.54, 1.807) is 0 Å². The lowest BCUT2D eigenvalue weighted by Gasteiger charge is -2.26. The molecule has 0 heterocycles. The second-order valence-electron chi connectivity index (χ2n) is 4.92. The molecule has 0 radical (unpaired) electrons. The zero-order valence-corrected chi connectivity index (χ0v) is 11.7. The van der Waals surface area contributed by atoms with E-state index in [-0.39, 0.29) is 0 Å². The van der Waals surface area contributed by atoms with E-state index in [0.717, 1.165) is 17.9 Å². The van der Waals surface area contributed by atoms with Crippen LogP contribution >= 0.6 is 22.6 Å². The van der Waals surface area contributed by atoms with Gasteiger partial charge in [0.05, 0.1) is 0 Å². The number of alkyl halides is 1. The third kappa shape index (κ3) is 4.47. The average molecular weight is 309 g/mol. The summed E-state index contributed by atoms with van der Waals surface area (Å²) in [6, 6.07) is 0.720. The van der Waals surface area contributed by atoms with E-state index in [1.165, 1.54) is 43.1 Å². The molecular weight excluding hydrogens is 285 g/mol. The molecule has 1 atom stereocenters. The van der Waals surface area contributed by atoms with Gasteiger partial charge < -0.3 is 5.32 Å². The molecule has 1 saturated carbocycles. The van der Waals surface area contributed by atoms with Crippen molar-refractivity contribution in [1.82, 2.24) is 5.32 Å². The van der Waals surface area contributed by atoms with Gasteiger partial charge in [0, 0.05) is 10.5 Å². The Bertz CT molecular complexity index is 141. The van der Waals surface area contributed by atoms with E-state index < -0.39 is 0 Å². The zero-order valence-electron chi connectivity index (χ0n) is 9.56. The van der Waals surface area contributed by atoms with Gasteiger partial charge in [0.2, 0.25) is 0 Å². The maximum absolute atomic E-state index is 3.73. The smallest absolute Gasteiger partial charge is 0.0180 e. The van der Waals surface area contributed by atoms with Crippen LogP contribution in [0.5, 0.6) is 0 Å². The summed E-state index contributed by atoms with van der Waals surface area (Å²) in [6.07, 6.45) is 7.31. The zero-order chi connectivity index (χ0) is 10.4. The highest BCUT2D eigenvalue weighted by atomic mass is 127. The average Bonchev–Trinajstić information content (AvgIpc) is 2.20. The third-order valence-electron chi connectivity index (χ3n) is 3.36. The van der Waals surface area contributed by atoms with Crippen LogP contribution in [0.2, 0.25) is 0 Å². The van der Waals surface area contributed by atoms with Gasteiger partial charge in [0.25, 0.3) is 0 Å². The Morgan fingerprint density at radius 1 is 1.21 bits per heavy atom. The second kappa shape index (κ2) is 7.04. The van der Waals surface area contributed by atoms with E-state index in [1.807, 2.05) is 0 Å². The Labute approximate surface area is 103 Å². The molecule has 84 valence electrons. The molecule has 0 aromatic carbocycles. The van der Waals surface area contributed by atoms with Crippen molar-refractivity contribution in [2.24, 2.45) is 11.8 Å². The van der Waals surface area contributed by atoms with Crippen molar-refractivity contribution in [3.05, 3.63) is 0 Å². The van der Waals surface area contributed by atoms with E-state index in [9.17, 15) is 0 Å². The van der Waals surface area contributed by atoms with Crippen LogP contribution in [0.1, 0.15) is 46.0 Å². The minimum absolute atomic E-state index is 0.720. The Balaban J connectivity index is 2.16. The molecule has 2 heteroatoms. The molecule has 0 bridgehead atoms. The van der Waals surface area contributed by atoms with Gasteiger partial charge in [-0.1, -0.05) is 55.7 Å². The number of rotatable bonds is 5. The molecule has 1 N–H and O–H groups in total. The quantitative estimate of drug-likeness (QED) is 0.604. The fraction of sp³-hybridized carbons (Fsp3) is 1.00. The Kier molecular flexibility index (Phi) is 6.42. The van der Waals surface area contributed by atoms with Crippen LogP contribution in [-0.4, -0.2) is 17.0 Å². The first-order chi connectivity index (χ1) is 6.74. The monoisotopic (exact) mass is 309 g/mol. The van der Waals surface area contributed by atoms with E-state index in [4.69, 9.17) is 0 Å². The predicted molar refractivity (Wildman–Crippen MR) is 72.1 cm³/mol. The summed E-state index contributed by atoms with van der Waals surface area (Å²) in [5.74, 6) is 1.74. The first-order valence-electron chi connectivity index (χ1n) is 6.03. The molecule has 1 rings (SSSR count). The Hall–Kier alpha value is 0.690. The molecular formula is C12H24IN. The van der Waals surface area contributed by atoms with Gasteiger partial charge in [-0.05, 0) is 31.2 Å². The fourth-order valence-electron chi connectivity index (χ4n) is 2.18. The minimum Gasteiger partial charge on any atom is -0.313 e. The normalized spacial score (nSPS) is 21.4. The van der Waals surface area contributed by atoms with Crippen LogP contribution in [0.4, 0.5) is 0 Å². The molecule has 1 unspecified atom stereocenters. The summed E-state index contributed by atoms with van der Waals surface area (Å²) in [5, 5.41) is 3.73. The molecule has 1 nitrogen and oxygen atoms in total. The van der Waals surface area contributed by atoms with Gasteiger partial charge >= 0.3 is 0 Å². The van der Waals surface area contributed by atoms with E-state index in [2.05, 4.69) is 41.8 Å². The molecule has 0 aliphatic heterocycles. The largest absolute Gasteiger partial charge is 0.313 e. The van der Waals surface area contributed by atoms with E-state index >= 15 is 0 Å². The minimum atomic E-state index is 0.720. The van der Waals surface area contributed by atoms with Crippen molar-refractivity contribution in [3.8, 4) is 0 Å². The summed E-state index contributed by atoms with van der Waals surface area (Å²) >= 11 is 2.50. The summed E-state index contributed by atoms with van der Waals surface area (Å²) in [5.41, 5.74) is 0. The van der Waals surface area contributed by atoms with Crippen molar-refractivity contribution < 1.29 is 0 Å². The molecule has 1 fully saturated rings. The van der Waals surface area contributed by atoms with Crippen molar-refractivity contribution >= 4 is 22.6 Å². The summed E-state index contributed by atoms with van der Waals surface area (Å²) < 4.78 is 1.24. The van der Waals surface area contributed by atoms with Gasteiger partial charge in [-0.2, -0.15) is 0 Å². The fourth-order valence-corrected chi connectivity index (χ4v) is 3.51. The summed E-state index contributed by atoms with van der Waals surface area (Å²) in [4.78, 5) is 0. The van der Waals surface area contributed by atoms with Gasteiger partial charge in [0.1, 0.15) is 0 Å². The highest BCUT2D eigenvalue weighted by Crippen LogP contribution is 2.23. The lowest BCUT2D eigenvalue weighted by atomic mass is 9.89. The SMILES string of the molecule is CC(C)C(CI)NCC1CCCCC1. The van der Waals surface area contributed by atoms with Gasteiger partial charge in [0.15, 0.2) is 0 Å². The Morgan fingerprint density at radius 2 is 1.86 bits per heavy atom. The molecule has 1 aliphatic carbocycles. The maximum atomic E-state index is 3.73. The lowest BCUT2D eigenvalue weighted by Crippen LogP contribution is -2.38. The maximum Gasteiger partial charge on any atom is 0.0180 e. The molecule has 14 heavy (non-hydrogen) atoms. The van der Waals surface area contributed by atoms with Crippen LogP contribution in [0.3, 0.4) is 0 Å². The van der Waals surface area contributed by atoms with Crippen molar-refractivity contribution in [1.29, 1.82) is 0 Å². The number of hydrogen-bond acceptors (Lipinski definition) is 1. The van der Waals surface area contributed by atoms with Crippen LogP contribution in [0.15, 0.2) is 0 Å². The lowest BCUT2D eigenvalue weighted by molar-refractivity contribution is 0.315. The molecule has 0 spiro atoms. The van der Waals surface area contributed by atoms with Crippen molar-refractivity contribution in [2.45, 2.75) is 52.0 Å². The van der Waals surface area contributed by atoms with Crippen molar-refractivity contribution in [3.63, 3.8) is 0 Å². The first-order valence-corrected chi connectivity index (χ1v) is 7.56. The first kappa shape index (κ1) is 12.8. The van der Waals surface area contributed by atoms with Crippen LogP contribution in [-0.2, 0) is 0 Å². The van der Waals surface area contributed by atoms with Crippen LogP contribution < -0.4 is 5.32 Å². The second-order valence-corrected chi connectivity index (χ2v) is 5.80. The molecule has 0 aromatic rings. The Morgan fingerprint density at radius 3 is 2.36 bits per heavy atom. The van der Waals surface area contributed by atoms with Crippen molar-refractivity contribution in [2.75, 3.05) is 11.0 Å². The standard InChI is InChI=1S/C12H24IN/c1-10(2)12(8-13)14-9-11-6-4-3-5-7-11/h10-12,14H,3-9H2,1-2H3. The number of nitrogens with one attached hydrogen (secondary N) is 1. The summed E-state index contributed by atoms with van der Waals surface area (Å²) in [6.45, 7) is 5.89. The molecule has 0 saturated heterocycles. The van der Waals surface area contributed by atoms with Crippen LogP contribution in [0.25, 0.3) is 0 Å². The van der Waals surface area contributed by atoms with Gasteiger partial charge in [-0.25, -0.2) is 0 Å². The van der Waals surface area contributed by atoms with Crippen LogP contribution in [0, 0.1) is 11.8 Å². The van der Waals surface area contributed by atoms with Gasteiger partial charge in [-0.15, -0.1) is 0 Å². The third-order valence-corrected chi connectivity index (χ3v) is 4.31. The highest BCUT2D eigenvalue weighted by Gasteiger charge is 2.16. The van der Waals surface area contributed by atoms with Gasteiger partial charge in [-0.3, -0.25) is 0 Å². The number of hydrogen-bond donors (Lipinski definition) is 1. The molecule has 0 amide bonds.